The molecule has 1 aromatic rings. The molecule has 0 saturated heterocycles. The zero-order valence-corrected chi connectivity index (χ0v) is 12.8. The molecule has 0 aliphatic carbocycles. The molecule has 1 aromatic carbocycles. The van der Waals surface area contributed by atoms with Crippen molar-refractivity contribution in [1.29, 1.82) is 0 Å². The molecule has 0 bridgehead atoms. The lowest BCUT2D eigenvalue weighted by atomic mass is 9.97. The number of benzene rings is 1. The summed E-state index contributed by atoms with van der Waals surface area (Å²) in [7, 11) is 0. The summed E-state index contributed by atoms with van der Waals surface area (Å²) in [6, 6.07) is 6.21. The third-order valence-corrected chi connectivity index (χ3v) is 4.36. The molecule has 1 amide bonds. The summed E-state index contributed by atoms with van der Waals surface area (Å²) in [5, 5.41) is 12.8. The van der Waals surface area contributed by atoms with Crippen molar-refractivity contribution in [1.82, 2.24) is 5.32 Å². The molecule has 0 aliphatic rings. The molecule has 0 radical (unpaired) electrons. The molecule has 3 nitrogen and oxygen atoms in total. The maximum absolute atomic E-state index is 12.7. The van der Waals surface area contributed by atoms with Crippen LogP contribution in [0.2, 0.25) is 0 Å². The molecular formula is C15H22FNO2S. The molecule has 0 fully saturated rings. The van der Waals surface area contributed by atoms with E-state index >= 15 is 0 Å². The van der Waals surface area contributed by atoms with Crippen LogP contribution in [-0.2, 0) is 4.79 Å². The third kappa shape index (κ3) is 5.92. The first-order valence-corrected chi connectivity index (χ1v) is 7.85. The number of amides is 1. The van der Waals surface area contributed by atoms with E-state index in [-0.39, 0.29) is 11.7 Å². The molecule has 0 aromatic heterocycles. The molecule has 20 heavy (non-hydrogen) atoms. The van der Waals surface area contributed by atoms with Gasteiger partial charge in [-0.1, -0.05) is 13.8 Å². The summed E-state index contributed by atoms with van der Waals surface area (Å²) >= 11 is 1.51. The van der Waals surface area contributed by atoms with Crippen LogP contribution in [0.15, 0.2) is 29.2 Å². The highest BCUT2D eigenvalue weighted by atomic mass is 32.2. The summed E-state index contributed by atoms with van der Waals surface area (Å²) in [4.78, 5) is 12.6. The molecule has 0 heterocycles. The molecule has 0 atom stereocenters. The zero-order valence-electron chi connectivity index (χ0n) is 12.0. The van der Waals surface area contributed by atoms with E-state index in [1.54, 1.807) is 12.1 Å². The van der Waals surface area contributed by atoms with E-state index in [0.29, 0.717) is 31.6 Å². The second kappa shape index (κ2) is 8.27. The Hall–Kier alpha value is -1.07. The van der Waals surface area contributed by atoms with Gasteiger partial charge < -0.3 is 10.4 Å². The highest BCUT2D eigenvalue weighted by Crippen LogP contribution is 2.19. The van der Waals surface area contributed by atoms with Gasteiger partial charge in [0.05, 0.1) is 5.60 Å². The van der Waals surface area contributed by atoms with E-state index in [9.17, 15) is 14.3 Å². The van der Waals surface area contributed by atoms with Crippen LogP contribution in [-0.4, -0.2) is 28.9 Å². The van der Waals surface area contributed by atoms with Gasteiger partial charge in [-0.25, -0.2) is 4.39 Å². The van der Waals surface area contributed by atoms with Crippen molar-refractivity contribution < 1.29 is 14.3 Å². The van der Waals surface area contributed by atoms with Crippen molar-refractivity contribution in [2.75, 3.05) is 12.3 Å². The minimum atomic E-state index is -0.806. The van der Waals surface area contributed by atoms with Gasteiger partial charge in [0.15, 0.2) is 0 Å². The van der Waals surface area contributed by atoms with Crippen molar-refractivity contribution in [2.24, 2.45) is 0 Å². The lowest BCUT2D eigenvalue weighted by molar-refractivity contribution is -0.122. The smallest absolute Gasteiger partial charge is 0.220 e. The van der Waals surface area contributed by atoms with Crippen molar-refractivity contribution in [3.63, 3.8) is 0 Å². The Balaban J connectivity index is 2.25. The average Bonchev–Trinajstić information content (AvgIpc) is 2.47. The van der Waals surface area contributed by atoms with Gasteiger partial charge in [0.25, 0.3) is 0 Å². The van der Waals surface area contributed by atoms with E-state index in [2.05, 4.69) is 5.32 Å². The second-order valence-corrected chi connectivity index (χ2v) is 5.93. The minimum Gasteiger partial charge on any atom is -0.388 e. The van der Waals surface area contributed by atoms with Crippen LogP contribution in [0.3, 0.4) is 0 Å². The Labute approximate surface area is 124 Å². The number of nitrogens with one attached hydrogen (secondary N) is 1. The van der Waals surface area contributed by atoms with Gasteiger partial charge in [-0.15, -0.1) is 11.8 Å². The quantitative estimate of drug-likeness (QED) is 0.726. The van der Waals surface area contributed by atoms with Crippen LogP contribution >= 0.6 is 11.8 Å². The van der Waals surface area contributed by atoms with Crippen LogP contribution in [0, 0.1) is 5.82 Å². The Morgan fingerprint density at radius 3 is 2.45 bits per heavy atom. The second-order valence-electron chi connectivity index (χ2n) is 4.76. The molecule has 1 rings (SSSR count). The number of carbonyl (C=O) groups is 1. The molecule has 112 valence electrons. The highest BCUT2D eigenvalue weighted by Gasteiger charge is 2.22. The lowest BCUT2D eigenvalue weighted by Crippen LogP contribution is -2.42. The van der Waals surface area contributed by atoms with Crippen molar-refractivity contribution in [3.05, 3.63) is 30.1 Å². The predicted octanol–water partition coefficient (Wildman–Crippen LogP) is 2.98. The number of aliphatic hydroxyl groups is 1. The fourth-order valence-corrected chi connectivity index (χ4v) is 2.50. The SMILES string of the molecule is CCC(O)(CC)CNC(=O)CCSc1ccc(F)cc1. The van der Waals surface area contributed by atoms with Gasteiger partial charge in [-0.05, 0) is 37.1 Å². The van der Waals surface area contributed by atoms with E-state index < -0.39 is 5.60 Å². The molecule has 0 spiro atoms. The molecule has 0 aliphatic heterocycles. The number of hydrogen-bond donors (Lipinski definition) is 2. The van der Waals surface area contributed by atoms with E-state index in [0.717, 1.165) is 4.90 Å². The number of hydrogen-bond acceptors (Lipinski definition) is 3. The first kappa shape index (κ1) is 17.0. The summed E-state index contributed by atoms with van der Waals surface area (Å²) in [6.07, 6.45) is 1.62. The van der Waals surface area contributed by atoms with Gasteiger partial charge in [0.2, 0.25) is 5.91 Å². The van der Waals surface area contributed by atoms with Gasteiger partial charge in [-0.2, -0.15) is 0 Å². The maximum atomic E-state index is 12.7. The number of halogens is 1. The van der Waals surface area contributed by atoms with Gasteiger partial charge in [0.1, 0.15) is 5.82 Å². The topological polar surface area (TPSA) is 49.3 Å². The highest BCUT2D eigenvalue weighted by molar-refractivity contribution is 7.99. The average molecular weight is 299 g/mol. The fraction of sp³-hybridized carbons (Fsp3) is 0.533. The fourth-order valence-electron chi connectivity index (χ4n) is 1.64. The zero-order chi connectivity index (χ0) is 15.0. The van der Waals surface area contributed by atoms with Crippen LogP contribution in [0.5, 0.6) is 0 Å². The monoisotopic (exact) mass is 299 g/mol. The molecule has 0 saturated carbocycles. The maximum Gasteiger partial charge on any atom is 0.220 e. The largest absolute Gasteiger partial charge is 0.388 e. The number of carbonyl (C=O) groups excluding carboxylic acids is 1. The summed E-state index contributed by atoms with van der Waals surface area (Å²) in [5.74, 6) is 0.305. The van der Waals surface area contributed by atoms with Gasteiger partial charge >= 0.3 is 0 Å². The Bertz CT molecular complexity index is 418. The minimum absolute atomic E-state index is 0.0695. The van der Waals surface area contributed by atoms with E-state index in [4.69, 9.17) is 0 Å². The summed E-state index contributed by atoms with van der Waals surface area (Å²) < 4.78 is 12.7. The van der Waals surface area contributed by atoms with Gasteiger partial charge in [-0.3, -0.25) is 4.79 Å². The Morgan fingerprint density at radius 1 is 1.30 bits per heavy atom. The first-order valence-electron chi connectivity index (χ1n) is 6.86. The third-order valence-electron chi connectivity index (χ3n) is 3.34. The van der Waals surface area contributed by atoms with Crippen LogP contribution in [0.4, 0.5) is 4.39 Å². The standard InChI is InChI=1S/C15H22FNO2S/c1-3-15(19,4-2)11-17-14(18)9-10-20-13-7-5-12(16)6-8-13/h5-8,19H,3-4,9-11H2,1-2H3,(H,17,18). The Morgan fingerprint density at radius 2 is 1.90 bits per heavy atom. The normalized spacial score (nSPS) is 11.4. The summed E-state index contributed by atoms with van der Waals surface area (Å²) in [6.45, 7) is 4.10. The lowest BCUT2D eigenvalue weighted by Gasteiger charge is -2.25. The first-order chi connectivity index (χ1) is 9.49. The molecule has 5 heteroatoms. The van der Waals surface area contributed by atoms with E-state index in [1.165, 1.54) is 23.9 Å². The molecule has 2 N–H and O–H groups in total. The molecular weight excluding hydrogens is 277 g/mol. The number of rotatable bonds is 8. The molecule has 0 unspecified atom stereocenters. The Kier molecular flexibility index (Phi) is 7.02. The van der Waals surface area contributed by atoms with Crippen molar-refractivity contribution >= 4 is 17.7 Å². The van der Waals surface area contributed by atoms with E-state index in [1.807, 2.05) is 13.8 Å². The summed E-state index contributed by atoms with van der Waals surface area (Å²) in [5.41, 5.74) is -0.806. The van der Waals surface area contributed by atoms with Crippen LogP contribution in [0.1, 0.15) is 33.1 Å². The van der Waals surface area contributed by atoms with Crippen molar-refractivity contribution in [2.45, 2.75) is 43.6 Å². The van der Waals surface area contributed by atoms with Crippen LogP contribution < -0.4 is 5.32 Å². The number of thioether (sulfide) groups is 1. The predicted molar refractivity (Wildman–Crippen MR) is 80.3 cm³/mol. The van der Waals surface area contributed by atoms with Crippen LogP contribution in [0.25, 0.3) is 0 Å². The van der Waals surface area contributed by atoms with Gasteiger partial charge in [0, 0.05) is 23.6 Å². The van der Waals surface area contributed by atoms with Crippen molar-refractivity contribution in [3.8, 4) is 0 Å².